The molecular weight excluding hydrogens is 202 g/mol. The van der Waals surface area contributed by atoms with Crippen molar-refractivity contribution in [2.24, 2.45) is 5.73 Å². The summed E-state index contributed by atoms with van der Waals surface area (Å²) < 4.78 is 0. The van der Waals surface area contributed by atoms with Crippen LogP contribution in [0, 0.1) is 0 Å². The van der Waals surface area contributed by atoms with Crippen LogP contribution < -0.4 is 16.4 Å². The standard InChI is InChI=1S/C12H17N3O/c1-8(12(14)16)6-9-4-5-10(15(2)3)7-11(9)13/h4-7H,13H2,1-3H3,(H2,14,16). The number of hydrogen-bond acceptors (Lipinski definition) is 3. The molecule has 0 saturated heterocycles. The van der Waals surface area contributed by atoms with Crippen LogP contribution in [0.1, 0.15) is 12.5 Å². The van der Waals surface area contributed by atoms with E-state index in [2.05, 4.69) is 0 Å². The van der Waals surface area contributed by atoms with E-state index in [1.807, 2.05) is 37.2 Å². The van der Waals surface area contributed by atoms with E-state index < -0.39 is 5.91 Å². The number of benzene rings is 1. The van der Waals surface area contributed by atoms with Gasteiger partial charge in [0.1, 0.15) is 0 Å². The SMILES string of the molecule is CC(=Cc1ccc(N(C)C)cc1N)C(N)=O. The van der Waals surface area contributed by atoms with Crippen molar-refractivity contribution in [2.75, 3.05) is 24.7 Å². The Hall–Kier alpha value is -1.97. The number of nitrogens with two attached hydrogens (primary N) is 2. The molecule has 16 heavy (non-hydrogen) atoms. The summed E-state index contributed by atoms with van der Waals surface area (Å²) in [4.78, 5) is 12.9. The normalized spacial score (nSPS) is 11.3. The quantitative estimate of drug-likeness (QED) is 0.593. The van der Waals surface area contributed by atoms with Crippen LogP contribution in [0.5, 0.6) is 0 Å². The van der Waals surface area contributed by atoms with Gasteiger partial charge in [0, 0.05) is 31.0 Å². The van der Waals surface area contributed by atoms with E-state index in [1.165, 1.54) is 0 Å². The molecule has 0 bridgehead atoms. The lowest BCUT2D eigenvalue weighted by atomic mass is 10.1. The first kappa shape index (κ1) is 12.1. The lowest BCUT2D eigenvalue weighted by Crippen LogP contribution is -2.11. The van der Waals surface area contributed by atoms with Crippen LogP contribution in [0.3, 0.4) is 0 Å². The molecule has 1 amide bonds. The van der Waals surface area contributed by atoms with E-state index in [9.17, 15) is 4.79 Å². The highest BCUT2D eigenvalue weighted by Crippen LogP contribution is 2.21. The smallest absolute Gasteiger partial charge is 0.244 e. The summed E-state index contributed by atoms with van der Waals surface area (Å²) in [5, 5.41) is 0. The van der Waals surface area contributed by atoms with E-state index in [1.54, 1.807) is 13.0 Å². The number of primary amides is 1. The van der Waals surface area contributed by atoms with Gasteiger partial charge in [0.15, 0.2) is 0 Å². The van der Waals surface area contributed by atoms with Crippen LogP contribution in [-0.2, 0) is 4.79 Å². The zero-order valence-corrected chi connectivity index (χ0v) is 9.82. The number of hydrogen-bond donors (Lipinski definition) is 2. The van der Waals surface area contributed by atoms with Gasteiger partial charge in [-0.2, -0.15) is 0 Å². The fraction of sp³-hybridized carbons (Fsp3) is 0.250. The molecule has 0 unspecified atom stereocenters. The van der Waals surface area contributed by atoms with Crippen LogP contribution in [0.25, 0.3) is 6.08 Å². The van der Waals surface area contributed by atoms with E-state index in [4.69, 9.17) is 11.5 Å². The van der Waals surface area contributed by atoms with Crippen LogP contribution in [0.15, 0.2) is 23.8 Å². The van der Waals surface area contributed by atoms with Crippen molar-refractivity contribution in [3.05, 3.63) is 29.3 Å². The van der Waals surface area contributed by atoms with Gasteiger partial charge in [-0.15, -0.1) is 0 Å². The summed E-state index contributed by atoms with van der Waals surface area (Å²) >= 11 is 0. The first-order valence-electron chi connectivity index (χ1n) is 4.96. The third kappa shape index (κ3) is 2.76. The molecule has 86 valence electrons. The molecule has 0 aromatic heterocycles. The number of carbonyl (C=O) groups excluding carboxylic acids is 1. The Morgan fingerprint density at radius 3 is 2.44 bits per heavy atom. The van der Waals surface area contributed by atoms with Gasteiger partial charge >= 0.3 is 0 Å². The van der Waals surface area contributed by atoms with Gasteiger partial charge in [0.2, 0.25) is 5.91 Å². The fourth-order valence-corrected chi connectivity index (χ4v) is 1.28. The van der Waals surface area contributed by atoms with Crippen molar-refractivity contribution >= 4 is 23.4 Å². The summed E-state index contributed by atoms with van der Waals surface area (Å²) in [5.74, 6) is -0.434. The van der Waals surface area contributed by atoms with Crippen LogP contribution >= 0.6 is 0 Å². The summed E-state index contributed by atoms with van der Waals surface area (Å²) in [6, 6.07) is 5.67. The average molecular weight is 219 g/mol. The van der Waals surface area contributed by atoms with Gasteiger partial charge in [-0.25, -0.2) is 0 Å². The molecule has 0 saturated carbocycles. The van der Waals surface area contributed by atoms with Gasteiger partial charge in [0.05, 0.1) is 0 Å². The highest BCUT2D eigenvalue weighted by Gasteiger charge is 2.02. The molecule has 0 aliphatic rings. The number of rotatable bonds is 3. The Labute approximate surface area is 95.5 Å². The Morgan fingerprint density at radius 2 is 2.00 bits per heavy atom. The molecule has 4 heteroatoms. The molecular formula is C12H17N3O. The number of nitrogens with zero attached hydrogens (tertiary/aromatic N) is 1. The average Bonchev–Trinajstić information content (AvgIpc) is 2.20. The summed E-state index contributed by atoms with van der Waals surface area (Å²) in [5.41, 5.74) is 14.0. The first-order chi connectivity index (χ1) is 7.41. The van der Waals surface area contributed by atoms with Crippen LogP contribution in [0.2, 0.25) is 0 Å². The lowest BCUT2D eigenvalue weighted by Gasteiger charge is -2.13. The molecule has 0 aliphatic carbocycles. The van der Waals surface area contributed by atoms with Crippen molar-refractivity contribution in [2.45, 2.75) is 6.92 Å². The predicted molar refractivity (Wildman–Crippen MR) is 68.0 cm³/mol. The zero-order chi connectivity index (χ0) is 12.3. The Bertz CT molecular complexity index is 436. The molecule has 0 atom stereocenters. The third-order valence-corrected chi connectivity index (χ3v) is 2.35. The zero-order valence-electron chi connectivity index (χ0n) is 9.82. The fourth-order valence-electron chi connectivity index (χ4n) is 1.28. The monoisotopic (exact) mass is 219 g/mol. The van der Waals surface area contributed by atoms with Crippen molar-refractivity contribution in [1.82, 2.24) is 0 Å². The molecule has 4 N–H and O–H groups in total. The van der Waals surface area contributed by atoms with Crippen LogP contribution in [-0.4, -0.2) is 20.0 Å². The minimum Gasteiger partial charge on any atom is -0.398 e. The van der Waals surface area contributed by atoms with Crippen molar-refractivity contribution in [3.63, 3.8) is 0 Å². The molecule has 4 nitrogen and oxygen atoms in total. The minimum absolute atomic E-state index is 0.434. The second kappa shape index (κ2) is 4.70. The third-order valence-electron chi connectivity index (χ3n) is 2.35. The molecule has 1 aromatic carbocycles. The van der Waals surface area contributed by atoms with Crippen molar-refractivity contribution in [3.8, 4) is 0 Å². The van der Waals surface area contributed by atoms with E-state index in [-0.39, 0.29) is 0 Å². The number of carbonyl (C=O) groups is 1. The van der Waals surface area contributed by atoms with Gasteiger partial charge < -0.3 is 16.4 Å². The maximum Gasteiger partial charge on any atom is 0.244 e. The maximum atomic E-state index is 10.9. The minimum atomic E-state index is -0.434. The molecule has 0 radical (unpaired) electrons. The first-order valence-corrected chi connectivity index (χ1v) is 4.96. The maximum absolute atomic E-state index is 10.9. The van der Waals surface area contributed by atoms with Crippen molar-refractivity contribution < 1.29 is 4.79 Å². The highest BCUT2D eigenvalue weighted by atomic mass is 16.1. The van der Waals surface area contributed by atoms with Crippen LogP contribution in [0.4, 0.5) is 11.4 Å². The Morgan fingerprint density at radius 1 is 1.38 bits per heavy atom. The molecule has 0 fully saturated rings. The number of anilines is 2. The van der Waals surface area contributed by atoms with Gasteiger partial charge in [-0.3, -0.25) is 4.79 Å². The summed E-state index contributed by atoms with van der Waals surface area (Å²) in [6.07, 6.45) is 1.69. The second-order valence-electron chi connectivity index (χ2n) is 3.90. The largest absolute Gasteiger partial charge is 0.398 e. The highest BCUT2D eigenvalue weighted by molar-refractivity contribution is 5.96. The van der Waals surface area contributed by atoms with E-state index >= 15 is 0 Å². The Balaban J connectivity index is 3.09. The van der Waals surface area contributed by atoms with E-state index in [0.29, 0.717) is 11.3 Å². The summed E-state index contributed by atoms with van der Waals surface area (Å²) in [6.45, 7) is 1.67. The van der Waals surface area contributed by atoms with Gasteiger partial charge in [0.25, 0.3) is 0 Å². The number of amides is 1. The predicted octanol–water partition coefficient (Wildman–Crippen LogP) is 1.22. The van der Waals surface area contributed by atoms with Gasteiger partial charge in [-0.05, 0) is 30.7 Å². The van der Waals surface area contributed by atoms with Gasteiger partial charge in [-0.1, -0.05) is 6.07 Å². The Kier molecular flexibility index (Phi) is 3.55. The molecule has 0 heterocycles. The van der Waals surface area contributed by atoms with E-state index in [0.717, 1.165) is 11.3 Å². The molecule has 0 aliphatic heterocycles. The topological polar surface area (TPSA) is 72.3 Å². The molecule has 1 rings (SSSR count). The number of nitrogen functional groups attached to an aromatic ring is 1. The molecule has 1 aromatic rings. The summed E-state index contributed by atoms with van der Waals surface area (Å²) in [7, 11) is 3.89. The second-order valence-corrected chi connectivity index (χ2v) is 3.90. The van der Waals surface area contributed by atoms with Crippen molar-refractivity contribution in [1.29, 1.82) is 0 Å². The molecule has 0 spiro atoms. The lowest BCUT2D eigenvalue weighted by molar-refractivity contribution is -0.114.